The zero-order chi connectivity index (χ0) is 13.1. The molecule has 1 saturated heterocycles. The minimum Gasteiger partial charge on any atom is -0.371 e. The number of carbonyl (C=O) groups is 1. The summed E-state index contributed by atoms with van der Waals surface area (Å²) in [4.78, 5) is 17.8. The van der Waals surface area contributed by atoms with Gasteiger partial charge in [-0.3, -0.25) is 4.79 Å². The Morgan fingerprint density at radius 2 is 2.44 bits per heavy atom. The maximum atomic E-state index is 14.0. The number of amides is 1. The number of nitrogens with zero attached hydrogens (tertiary/aromatic N) is 2. The Bertz CT molecular complexity index is 455. The van der Waals surface area contributed by atoms with Crippen LogP contribution in [0, 0.1) is 5.82 Å². The van der Waals surface area contributed by atoms with Gasteiger partial charge in [0.25, 0.3) is 5.91 Å². The van der Waals surface area contributed by atoms with E-state index < -0.39 is 5.82 Å². The van der Waals surface area contributed by atoms with E-state index in [9.17, 15) is 9.18 Å². The van der Waals surface area contributed by atoms with Gasteiger partial charge >= 0.3 is 0 Å². The lowest BCUT2D eigenvalue weighted by atomic mass is 10.2. The van der Waals surface area contributed by atoms with Crippen molar-refractivity contribution in [3.8, 4) is 0 Å². The van der Waals surface area contributed by atoms with Gasteiger partial charge in [-0.1, -0.05) is 6.92 Å². The molecule has 0 spiro atoms. The van der Waals surface area contributed by atoms with Crippen LogP contribution in [0.1, 0.15) is 17.3 Å². The topological polar surface area (TPSA) is 45.2 Å². The predicted molar refractivity (Wildman–Crippen MR) is 71.6 cm³/mol. The molecule has 1 aromatic rings. The summed E-state index contributed by atoms with van der Waals surface area (Å²) in [5.41, 5.74) is 0.0912. The van der Waals surface area contributed by atoms with Gasteiger partial charge in [0.1, 0.15) is 0 Å². The molecule has 1 aliphatic heterocycles. The van der Waals surface area contributed by atoms with Crippen molar-refractivity contribution >= 4 is 23.5 Å². The van der Waals surface area contributed by atoms with Crippen LogP contribution >= 0.6 is 11.8 Å². The van der Waals surface area contributed by atoms with Crippen molar-refractivity contribution in [1.29, 1.82) is 0 Å². The molecule has 1 N–H and O–H groups in total. The summed E-state index contributed by atoms with van der Waals surface area (Å²) in [6.45, 7) is 3.41. The van der Waals surface area contributed by atoms with E-state index in [1.54, 1.807) is 11.9 Å². The fourth-order valence-electron chi connectivity index (χ4n) is 1.96. The van der Waals surface area contributed by atoms with Gasteiger partial charge in [0.05, 0.1) is 5.56 Å². The summed E-state index contributed by atoms with van der Waals surface area (Å²) in [5.74, 6) is 0.188. The molecule has 1 unspecified atom stereocenters. The summed E-state index contributed by atoms with van der Waals surface area (Å²) in [5, 5.41) is 3.04. The first-order valence-electron chi connectivity index (χ1n) is 5.86. The minimum absolute atomic E-state index is 0.0912. The van der Waals surface area contributed by atoms with Crippen LogP contribution in [-0.4, -0.2) is 46.9 Å². The fraction of sp³-hybridized carbons (Fsp3) is 0.500. The quantitative estimate of drug-likeness (QED) is 0.890. The Labute approximate surface area is 110 Å². The maximum Gasteiger partial charge on any atom is 0.257 e. The average Bonchev–Trinajstić information content (AvgIpc) is 2.38. The Morgan fingerprint density at radius 1 is 1.67 bits per heavy atom. The molecule has 1 aromatic heterocycles. The molecule has 0 bridgehead atoms. The number of carbonyl (C=O) groups excluding carboxylic acids is 1. The number of hydrogen-bond donors (Lipinski definition) is 1. The Hall–Kier alpha value is -1.30. The lowest BCUT2D eigenvalue weighted by Crippen LogP contribution is -2.41. The minimum atomic E-state index is -0.573. The predicted octanol–water partition coefficient (Wildman–Crippen LogP) is 1.84. The largest absolute Gasteiger partial charge is 0.371 e. The number of nitrogens with one attached hydrogen (secondary N) is 1. The van der Waals surface area contributed by atoms with Gasteiger partial charge in [-0.05, 0) is 6.07 Å². The molecule has 1 amide bonds. The van der Waals surface area contributed by atoms with Crippen molar-refractivity contribution in [2.75, 3.05) is 31.2 Å². The maximum absolute atomic E-state index is 14.0. The normalized spacial score (nSPS) is 19.7. The molecule has 0 aromatic carbocycles. The van der Waals surface area contributed by atoms with E-state index in [1.165, 1.54) is 12.3 Å². The van der Waals surface area contributed by atoms with E-state index in [0.29, 0.717) is 18.3 Å². The molecule has 2 rings (SSSR count). The Morgan fingerprint density at radius 3 is 3.11 bits per heavy atom. The highest BCUT2D eigenvalue weighted by Crippen LogP contribution is 2.22. The van der Waals surface area contributed by atoms with E-state index in [2.05, 4.69) is 17.2 Å². The molecule has 98 valence electrons. The summed E-state index contributed by atoms with van der Waals surface area (Å²) >= 11 is 1.83. The van der Waals surface area contributed by atoms with Crippen molar-refractivity contribution in [3.63, 3.8) is 0 Å². The number of aromatic nitrogens is 1. The first-order valence-corrected chi connectivity index (χ1v) is 6.91. The SMILES string of the molecule is CNc1nccc(C(=O)N2CCSC(C)C2)c1F. The first-order chi connectivity index (χ1) is 8.63. The van der Waals surface area contributed by atoms with Crippen LogP contribution < -0.4 is 5.32 Å². The van der Waals surface area contributed by atoms with E-state index in [-0.39, 0.29) is 17.3 Å². The van der Waals surface area contributed by atoms with Gasteiger partial charge < -0.3 is 10.2 Å². The number of halogens is 1. The van der Waals surface area contributed by atoms with Gasteiger partial charge in [-0.15, -0.1) is 0 Å². The number of pyridine rings is 1. The second-order valence-electron chi connectivity index (χ2n) is 4.20. The van der Waals surface area contributed by atoms with Crippen LogP contribution in [0.2, 0.25) is 0 Å². The van der Waals surface area contributed by atoms with E-state index in [1.807, 2.05) is 11.8 Å². The second-order valence-corrected chi connectivity index (χ2v) is 5.75. The van der Waals surface area contributed by atoms with E-state index in [4.69, 9.17) is 0 Å². The average molecular weight is 269 g/mol. The van der Waals surface area contributed by atoms with Crippen LogP contribution in [0.25, 0.3) is 0 Å². The first kappa shape index (κ1) is 13.1. The molecule has 18 heavy (non-hydrogen) atoms. The van der Waals surface area contributed by atoms with Crippen molar-refractivity contribution in [3.05, 3.63) is 23.6 Å². The van der Waals surface area contributed by atoms with E-state index in [0.717, 1.165) is 5.75 Å². The molecule has 1 aliphatic rings. The van der Waals surface area contributed by atoms with Crippen LogP contribution in [0.4, 0.5) is 10.2 Å². The van der Waals surface area contributed by atoms with E-state index >= 15 is 0 Å². The highest BCUT2D eigenvalue weighted by molar-refractivity contribution is 7.99. The van der Waals surface area contributed by atoms with Crippen LogP contribution in [0.15, 0.2) is 12.3 Å². The molecule has 0 radical (unpaired) electrons. The van der Waals surface area contributed by atoms with Crippen molar-refractivity contribution in [2.45, 2.75) is 12.2 Å². The third kappa shape index (κ3) is 2.58. The number of hydrogen-bond acceptors (Lipinski definition) is 4. The van der Waals surface area contributed by atoms with Crippen LogP contribution in [0.3, 0.4) is 0 Å². The van der Waals surface area contributed by atoms with Crippen molar-refractivity contribution in [2.24, 2.45) is 0 Å². The van der Waals surface area contributed by atoms with Gasteiger partial charge in [0.15, 0.2) is 11.6 Å². The third-order valence-electron chi connectivity index (χ3n) is 2.88. The molecular formula is C12H16FN3OS. The molecule has 1 atom stereocenters. The number of rotatable bonds is 2. The van der Waals surface area contributed by atoms with Crippen molar-refractivity contribution in [1.82, 2.24) is 9.88 Å². The summed E-state index contributed by atoms with van der Waals surface area (Å²) < 4.78 is 14.0. The molecule has 0 aliphatic carbocycles. The van der Waals surface area contributed by atoms with Crippen LogP contribution in [-0.2, 0) is 0 Å². The smallest absolute Gasteiger partial charge is 0.257 e. The number of anilines is 1. The lowest BCUT2D eigenvalue weighted by Gasteiger charge is -2.30. The molecular weight excluding hydrogens is 253 g/mol. The lowest BCUT2D eigenvalue weighted by molar-refractivity contribution is 0.0758. The monoisotopic (exact) mass is 269 g/mol. The molecule has 4 nitrogen and oxygen atoms in total. The standard InChI is InChI=1S/C12H16FN3OS/c1-8-7-16(5-6-18-8)12(17)9-3-4-15-11(14-2)10(9)13/h3-4,8H,5-7H2,1-2H3,(H,14,15). The van der Waals surface area contributed by atoms with Gasteiger partial charge in [0, 0.05) is 37.3 Å². The summed E-state index contributed by atoms with van der Waals surface area (Å²) in [7, 11) is 1.58. The highest BCUT2D eigenvalue weighted by atomic mass is 32.2. The van der Waals surface area contributed by atoms with Gasteiger partial charge in [-0.25, -0.2) is 9.37 Å². The summed E-state index contributed by atoms with van der Waals surface area (Å²) in [6.07, 6.45) is 1.45. The zero-order valence-corrected chi connectivity index (χ0v) is 11.3. The summed E-state index contributed by atoms with van der Waals surface area (Å²) in [6, 6.07) is 1.44. The van der Waals surface area contributed by atoms with Crippen LogP contribution in [0.5, 0.6) is 0 Å². The Kier molecular flexibility index (Phi) is 4.06. The molecule has 1 fully saturated rings. The van der Waals surface area contributed by atoms with Gasteiger partial charge in [0.2, 0.25) is 0 Å². The molecule has 6 heteroatoms. The second kappa shape index (κ2) is 5.56. The highest BCUT2D eigenvalue weighted by Gasteiger charge is 2.25. The fourth-order valence-corrected chi connectivity index (χ4v) is 2.97. The van der Waals surface area contributed by atoms with Gasteiger partial charge in [-0.2, -0.15) is 11.8 Å². The third-order valence-corrected chi connectivity index (χ3v) is 4.02. The molecule has 0 saturated carbocycles. The number of thioether (sulfide) groups is 1. The zero-order valence-electron chi connectivity index (χ0n) is 10.4. The molecule has 2 heterocycles. The van der Waals surface area contributed by atoms with Crippen molar-refractivity contribution < 1.29 is 9.18 Å². The Balaban J connectivity index is 2.23.